The van der Waals surface area contributed by atoms with Crippen molar-refractivity contribution in [2.24, 2.45) is 44.8 Å². The highest BCUT2D eigenvalue weighted by Crippen LogP contribution is 2.87. The molecular weight excluding hydrogens is 548 g/mol. The molecule has 7 aliphatic rings. The number of epoxide rings is 1. The Morgan fingerprint density at radius 1 is 1.07 bits per heavy atom. The van der Waals surface area contributed by atoms with Crippen molar-refractivity contribution in [1.82, 2.24) is 0 Å². The third kappa shape index (κ3) is 3.89. The Labute approximate surface area is 255 Å². The highest BCUT2D eigenvalue weighted by molar-refractivity contribution is 5.90. The van der Waals surface area contributed by atoms with Gasteiger partial charge in [0, 0.05) is 24.2 Å². The fourth-order valence-electron chi connectivity index (χ4n) is 11.9. The second-order valence-electron chi connectivity index (χ2n) is 17.2. The lowest BCUT2D eigenvalue weighted by atomic mass is 9.45. The number of hydrogen-bond donors (Lipinski definition) is 3. The molecule has 2 heterocycles. The normalized spacial score (nSPS) is 53.1. The number of aliphatic hydroxyl groups excluding tert-OH is 3. The number of carbonyl (C=O) groups is 2. The topological polar surface area (TPSA) is 126 Å². The molecule has 0 aromatic rings. The van der Waals surface area contributed by atoms with Crippen LogP contribution in [0.4, 0.5) is 0 Å². The van der Waals surface area contributed by atoms with Gasteiger partial charge in [0.25, 0.3) is 0 Å². The second kappa shape index (κ2) is 9.22. The summed E-state index contributed by atoms with van der Waals surface area (Å²) in [5.41, 5.74) is 0.884. The van der Waals surface area contributed by atoms with E-state index in [1.54, 1.807) is 0 Å². The summed E-state index contributed by atoms with van der Waals surface area (Å²) in [5.74, 6) is 0.735. The van der Waals surface area contributed by atoms with Crippen LogP contribution in [-0.4, -0.2) is 75.9 Å². The van der Waals surface area contributed by atoms with Gasteiger partial charge in [-0.15, -0.1) is 0 Å². The molecule has 13 atom stereocenters. The van der Waals surface area contributed by atoms with Crippen molar-refractivity contribution in [3.8, 4) is 0 Å². The largest absolute Gasteiger partial charge is 0.388 e. The number of ether oxygens (including phenoxy) is 3. The predicted octanol–water partition coefficient (Wildman–Crippen LogP) is 4.12. The van der Waals surface area contributed by atoms with E-state index < -0.39 is 24.6 Å². The minimum Gasteiger partial charge on any atom is -0.388 e. The summed E-state index contributed by atoms with van der Waals surface area (Å²) < 4.78 is 17.7. The maximum Gasteiger partial charge on any atom is 0.186 e. The first-order valence-electron chi connectivity index (χ1n) is 16.7. The molecule has 0 radical (unpaired) electrons. The van der Waals surface area contributed by atoms with Crippen molar-refractivity contribution in [1.29, 1.82) is 0 Å². The Balaban J connectivity index is 1.13. The molecule has 2 aliphatic heterocycles. The van der Waals surface area contributed by atoms with Crippen LogP contribution in [0.5, 0.6) is 0 Å². The molecule has 0 amide bonds. The molecule has 2 spiro atoms. The first kappa shape index (κ1) is 30.5. The number of hydrogen-bond acceptors (Lipinski definition) is 8. The van der Waals surface area contributed by atoms with Crippen LogP contribution in [0.15, 0.2) is 11.6 Å². The van der Waals surface area contributed by atoms with Crippen LogP contribution < -0.4 is 0 Å². The molecule has 3 N–H and O–H groups in total. The van der Waals surface area contributed by atoms with Gasteiger partial charge in [0.05, 0.1) is 18.3 Å². The molecule has 0 bridgehead atoms. The Morgan fingerprint density at radius 3 is 2.44 bits per heavy atom. The van der Waals surface area contributed by atoms with Gasteiger partial charge in [0.15, 0.2) is 12.1 Å². The van der Waals surface area contributed by atoms with E-state index in [0.717, 1.165) is 38.5 Å². The zero-order chi connectivity index (χ0) is 31.1. The van der Waals surface area contributed by atoms with Gasteiger partial charge in [-0.05, 0) is 85.9 Å². The quantitative estimate of drug-likeness (QED) is 0.307. The number of Topliss-reactive ketones (excluding diaryl/α,β-unsaturated/α-hetero) is 2. The number of fused-ring (bicyclic) bond motifs is 2. The Bertz CT molecular complexity index is 1260. The zero-order valence-corrected chi connectivity index (χ0v) is 27.0. The van der Waals surface area contributed by atoms with Crippen molar-refractivity contribution in [3.05, 3.63) is 11.6 Å². The first-order chi connectivity index (χ1) is 20.0. The lowest BCUT2D eigenvalue weighted by molar-refractivity contribution is -0.300. The van der Waals surface area contributed by atoms with Crippen molar-refractivity contribution >= 4 is 11.6 Å². The molecule has 0 aromatic heterocycles. The van der Waals surface area contributed by atoms with Gasteiger partial charge in [-0.3, -0.25) is 9.59 Å². The molecule has 7 rings (SSSR count). The molecule has 6 fully saturated rings. The molecule has 2 saturated heterocycles. The Morgan fingerprint density at radius 2 is 1.77 bits per heavy atom. The maximum atomic E-state index is 13.9. The van der Waals surface area contributed by atoms with E-state index in [2.05, 4.69) is 40.7 Å². The number of ketones is 2. The molecule has 5 aliphatic carbocycles. The lowest BCUT2D eigenvalue weighted by Crippen LogP contribution is -2.58. The maximum absolute atomic E-state index is 13.9. The molecular formula is C35H52O8. The lowest BCUT2D eigenvalue weighted by Gasteiger charge is -2.60. The summed E-state index contributed by atoms with van der Waals surface area (Å²) in [6.45, 7) is 15.2. The highest BCUT2D eigenvalue weighted by atomic mass is 16.7. The molecule has 8 nitrogen and oxygen atoms in total. The minimum atomic E-state index is -1.29. The molecule has 240 valence electrons. The van der Waals surface area contributed by atoms with Gasteiger partial charge in [-0.2, -0.15) is 0 Å². The third-order valence-electron chi connectivity index (χ3n) is 14.4. The van der Waals surface area contributed by atoms with Crippen LogP contribution in [-0.2, 0) is 23.8 Å². The van der Waals surface area contributed by atoms with Crippen LogP contribution >= 0.6 is 0 Å². The predicted molar refractivity (Wildman–Crippen MR) is 158 cm³/mol. The van der Waals surface area contributed by atoms with Crippen molar-refractivity contribution < 1.29 is 39.1 Å². The van der Waals surface area contributed by atoms with Crippen molar-refractivity contribution in [3.63, 3.8) is 0 Å². The average Bonchev–Trinajstić information content (AvgIpc) is 3.76. The van der Waals surface area contributed by atoms with E-state index in [0.29, 0.717) is 24.5 Å². The Hall–Kier alpha value is -1.16. The summed E-state index contributed by atoms with van der Waals surface area (Å²) in [4.78, 5) is 27.0. The van der Waals surface area contributed by atoms with E-state index in [4.69, 9.17) is 14.2 Å². The molecule has 2 unspecified atom stereocenters. The fraction of sp³-hybridized carbons (Fsp3) is 0.886. The van der Waals surface area contributed by atoms with Gasteiger partial charge in [-0.1, -0.05) is 46.3 Å². The molecule has 0 aromatic carbocycles. The smallest absolute Gasteiger partial charge is 0.186 e. The van der Waals surface area contributed by atoms with Crippen LogP contribution in [0, 0.1) is 44.8 Å². The van der Waals surface area contributed by atoms with Gasteiger partial charge >= 0.3 is 0 Å². The number of allylic oxidation sites excluding steroid dienone is 2. The standard InChI is InChI=1S/C35H52O8/c1-18(14-19(36)28-31(4,5)43-28)25-20(37)15-33(7)23-9-8-22-30(2,3)24(42-29-27(40)26(39)21(38)16-41-29)10-11-34(22)17-35(23,34)13-12-32(25,33)6/h9,18,21-22,24-29,38-40H,8,10-17H2,1-7H3/t18-,21-,22?,24+,25+,26+,27-,28+,29+,32-,33+,34-,35?/m1/s1. The van der Waals surface area contributed by atoms with Crippen LogP contribution in [0.3, 0.4) is 0 Å². The van der Waals surface area contributed by atoms with Crippen molar-refractivity contribution in [2.75, 3.05) is 6.61 Å². The number of rotatable bonds is 6. The van der Waals surface area contributed by atoms with Gasteiger partial charge in [-0.25, -0.2) is 0 Å². The summed E-state index contributed by atoms with van der Waals surface area (Å²) >= 11 is 0. The van der Waals surface area contributed by atoms with Crippen LogP contribution in [0.25, 0.3) is 0 Å². The van der Waals surface area contributed by atoms with Gasteiger partial charge < -0.3 is 29.5 Å². The first-order valence-corrected chi connectivity index (χ1v) is 16.7. The van der Waals surface area contributed by atoms with E-state index in [1.165, 1.54) is 5.57 Å². The number of carbonyl (C=O) groups excluding carboxylic acids is 2. The van der Waals surface area contributed by atoms with Crippen LogP contribution in [0.2, 0.25) is 0 Å². The zero-order valence-electron chi connectivity index (χ0n) is 27.0. The second-order valence-corrected chi connectivity index (χ2v) is 17.2. The summed E-state index contributed by atoms with van der Waals surface area (Å²) in [6.07, 6.45) is 4.39. The highest BCUT2D eigenvalue weighted by Gasteiger charge is 2.81. The van der Waals surface area contributed by atoms with Gasteiger partial charge in [0.1, 0.15) is 30.2 Å². The van der Waals surface area contributed by atoms with Crippen LogP contribution in [0.1, 0.15) is 99.8 Å². The average molecular weight is 601 g/mol. The number of aliphatic hydroxyl groups is 3. The summed E-state index contributed by atoms with van der Waals surface area (Å²) in [6, 6.07) is 0. The SMILES string of the molecule is C[C@H](CC(=O)[C@@H]1OC1(C)C)[C@H]1C(=O)C[C@@]2(C)C3=CCC4C(C)(C)[C@@H](O[C@@H]5OC[C@@H](O)[C@H](O)[C@H]5O)CC[C@@]45CC35CC[C@]12C. The van der Waals surface area contributed by atoms with Gasteiger partial charge in [0.2, 0.25) is 0 Å². The fourth-order valence-corrected chi connectivity index (χ4v) is 11.9. The van der Waals surface area contributed by atoms with E-state index in [-0.39, 0.29) is 69.1 Å². The third-order valence-corrected chi connectivity index (χ3v) is 14.4. The van der Waals surface area contributed by atoms with E-state index in [1.807, 2.05) is 13.8 Å². The summed E-state index contributed by atoms with van der Waals surface area (Å²) in [5, 5.41) is 30.7. The van der Waals surface area contributed by atoms with Crippen molar-refractivity contribution in [2.45, 2.75) is 142 Å². The minimum absolute atomic E-state index is 0.00511. The van der Waals surface area contributed by atoms with E-state index in [9.17, 15) is 24.9 Å². The Kier molecular flexibility index (Phi) is 6.54. The molecule has 43 heavy (non-hydrogen) atoms. The van der Waals surface area contributed by atoms with E-state index >= 15 is 0 Å². The summed E-state index contributed by atoms with van der Waals surface area (Å²) in [7, 11) is 0. The molecule has 4 saturated carbocycles. The monoisotopic (exact) mass is 600 g/mol. The molecule has 8 heteroatoms.